The Morgan fingerprint density at radius 2 is 1.97 bits per heavy atom. The van der Waals surface area contributed by atoms with Crippen molar-refractivity contribution in [2.24, 2.45) is 0 Å². The predicted molar refractivity (Wildman–Crippen MR) is 109 cm³/mol. The maximum absolute atomic E-state index is 11.1. The zero-order valence-electron chi connectivity index (χ0n) is 16.4. The Morgan fingerprint density at radius 3 is 2.67 bits per heavy atom. The fourth-order valence-electron chi connectivity index (χ4n) is 2.73. The van der Waals surface area contributed by atoms with Crippen LogP contribution in [0.1, 0.15) is 5.89 Å². The van der Waals surface area contributed by atoms with Crippen LogP contribution in [0.2, 0.25) is 0 Å². The van der Waals surface area contributed by atoms with E-state index in [0.717, 1.165) is 0 Å². The number of hydrogen-bond donors (Lipinski definition) is 3. The number of aromatic nitrogens is 2. The number of anilines is 2. The fourth-order valence-corrected chi connectivity index (χ4v) is 2.73. The fraction of sp³-hybridized carbons (Fsp3) is 0.263. The Labute approximate surface area is 171 Å². The van der Waals surface area contributed by atoms with Crippen molar-refractivity contribution in [1.82, 2.24) is 10.1 Å². The highest BCUT2D eigenvalue weighted by molar-refractivity contribution is 5.72. The molecule has 0 bridgehead atoms. The first-order chi connectivity index (χ1) is 14.5. The molecule has 0 aliphatic rings. The Balaban J connectivity index is 1.79. The molecule has 158 valence electrons. The Bertz CT molecular complexity index is 1020. The number of nitro benzene ring substituents is 1. The van der Waals surface area contributed by atoms with Gasteiger partial charge in [0, 0.05) is 24.7 Å². The van der Waals surface area contributed by atoms with Crippen LogP contribution in [-0.2, 0) is 6.54 Å². The molecule has 30 heavy (non-hydrogen) atoms. The van der Waals surface area contributed by atoms with Crippen LogP contribution in [0.25, 0.3) is 11.4 Å². The van der Waals surface area contributed by atoms with Gasteiger partial charge in [0.05, 0.1) is 49.2 Å². The third-order valence-corrected chi connectivity index (χ3v) is 4.19. The van der Waals surface area contributed by atoms with Gasteiger partial charge in [-0.15, -0.1) is 0 Å². The van der Waals surface area contributed by atoms with Crippen LogP contribution in [0, 0.1) is 10.1 Å². The molecule has 1 heterocycles. The summed E-state index contributed by atoms with van der Waals surface area (Å²) in [6.45, 7) is 0.363. The van der Waals surface area contributed by atoms with Crippen molar-refractivity contribution in [3.63, 3.8) is 0 Å². The van der Waals surface area contributed by atoms with Gasteiger partial charge < -0.3 is 29.7 Å². The lowest BCUT2D eigenvalue weighted by molar-refractivity contribution is -0.384. The SMILES string of the molecule is COc1ccc(-c2noc(CNc3cc([N+](=O)[O-])ccc3NCCO)n2)c(OC)c1. The van der Waals surface area contributed by atoms with Gasteiger partial charge in [0.2, 0.25) is 11.7 Å². The smallest absolute Gasteiger partial charge is 0.271 e. The molecule has 2 aromatic carbocycles. The largest absolute Gasteiger partial charge is 0.497 e. The molecule has 0 spiro atoms. The van der Waals surface area contributed by atoms with Crippen LogP contribution >= 0.6 is 0 Å². The summed E-state index contributed by atoms with van der Waals surface area (Å²) in [6.07, 6.45) is 0. The second-order valence-corrected chi connectivity index (χ2v) is 6.07. The summed E-state index contributed by atoms with van der Waals surface area (Å²) in [5.41, 5.74) is 1.64. The van der Waals surface area contributed by atoms with E-state index in [4.69, 9.17) is 19.1 Å². The first-order valence-electron chi connectivity index (χ1n) is 8.97. The van der Waals surface area contributed by atoms with Gasteiger partial charge in [-0.2, -0.15) is 4.98 Å². The quantitative estimate of drug-likeness (QED) is 0.334. The van der Waals surface area contributed by atoms with E-state index in [1.165, 1.54) is 19.2 Å². The molecule has 11 heteroatoms. The summed E-state index contributed by atoms with van der Waals surface area (Å²) in [4.78, 5) is 14.9. The molecule has 3 rings (SSSR count). The zero-order valence-corrected chi connectivity index (χ0v) is 16.4. The minimum absolute atomic E-state index is 0.0683. The number of non-ortho nitro benzene ring substituents is 1. The van der Waals surface area contributed by atoms with Gasteiger partial charge in [-0.05, 0) is 18.2 Å². The molecule has 0 atom stereocenters. The predicted octanol–water partition coefficient (Wildman–Crippen LogP) is 2.68. The lowest BCUT2D eigenvalue weighted by Gasteiger charge is -2.12. The number of methoxy groups -OCH3 is 2. The molecular weight excluding hydrogens is 394 g/mol. The van der Waals surface area contributed by atoms with Crippen molar-refractivity contribution in [1.29, 1.82) is 0 Å². The Morgan fingerprint density at radius 1 is 1.13 bits per heavy atom. The number of benzene rings is 2. The first-order valence-corrected chi connectivity index (χ1v) is 8.97. The van der Waals surface area contributed by atoms with E-state index in [9.17, 15) is 10.1 Å². The highest BCUT2D eigenvalue weighted by atomic mass is 16.6. The number of ether oxygens (including phenoxy) is 2. The Hall–Kier alpha value is -3.86. The van der Waals surface area contributed by atoms with Gasteiger partial charge in [0.25, 0.3) is 5.69 Å². The van der Waals surface area contributed by atoms with Crippen LogP contribution in [0.3, 0.4) is 0 Å². The lowest BCUT2D eigenvalue weighted by atomic mass is 10.2. The van der Waals surface area contributed by atoms with Crippen LogP contribution in [0.5, 0.6) is 11.5 Å². The highest BCUT2D eigenvalue weighted by Gasteiger charge is 2.16. The minimum atomic E-state index is -0.484. The summed E-state index contributed by atoms with van der Waals surface area (Å²) in [5, 5.41) is 30.1. The van der Waals surface area contributed by atoms with Crippen LogP contribution < -0.4 is 20.1 Å². The van der Waals surface area contributed by atoms with Gasteiger partial charge in [0.15, 0.2) is 0 Å². The van der Waals surface area contributed by atoms with E-state index >= 15 is 0 Å². The zero-order chi connectivity index (χ0) is 21.5. The van der Waals surface area contributed by atoms with Crippen molar-refractivity contribution in [3.05, 3.63) is 52.4 Å². The number of aliphatic hydroxyl groups is 1. The summed E-state index contributed by atoms with van der Waals surface area (Å²) >= 11 is 0. The van der Waals surface area contributed by atoms with Crippen molar-refractivity contribution >= 4 is 17.1 Å². The topological polar surface area (TPSA) is 145 Å². The molecule has 0 saturated carbocycles. The van der Waals surface area contributed by atoms with E-state index in [-0.39, 0.29) is 24.7 Å². The molecule has 3 N–H and O–H groups in total. The second-order valence-electron chi connectivity index (χ2n) is 6.07. The summed E-state index contributed by atoms with van der Waals surface area (Å²) in [6, 6.07) is 9.57. The molecule has 3 aromatic rings. The summed E-state index contributed by atoms with van der Waals surface area (Å²) < 4.78 is 15.8. The van der Waals surface area contributed by atoms with Gasteiger partial charge in [0.1, 0.15) is 11.5 Å². The van der Waals surface area contributed by atoms with E-state index in [0.29, 0.717) is 40.8 Å². The molecule has 1 aromatic heterocycles. The van der Waals surface area contributed by atoms with Crippen molar-refractivity contribution in [2.45, 2.75) is 6.54 Å². The average molecular weight is 415 g/mol. The first kappa shape index (κ1) is 20.9. The molecule has 0 saturated heterocycles. The number of nitro groups is 1. The highest BCUT2D eigenvalue weighted by Crippen LogP contribution is 2.32. The lowest BCUT2D eigenvalue weighted by Crippen LogP contribution is -2.09. The molecule has 0 amide bonds. The van der Waals surface area contributed by atoms with Crippen LogP contribution in [-0.4, -0.2) is 47.5 Å². The maximum atomic E-state index is 11.1. The van der Waals surface area contributed by atoms with Crippen molar-refractivity contribution in [3.8, 4) is 22.9 Å². The molecule has 0 aliphatic carbocycles. The third kappa shape index (κ3) is 4.75. The Kier molecular flexibility index (Phi) is 6.65. The molecule has 0 unspecified atom stereocenters. The maximum Gasteiger partial charge on any atom is 0.271 e. The van der Waals surface area contributed by atoms with E-state index in [2.05, 4.69) is 20.8 Å². The second kappa shape index (κ2) is 9.56. The van der Waals surface area contributed by atoms with Crippen molar-refractivity contribution in [2.75, 3.05) is 38.0 Å². The summed E-state index contributed by atoms with van der Waals surface area (Å²) in [5.74, 6) is 1.78. The minimum Gasteiger partial charge on any atom is -0.497 e. The monoisotopic (exact) mass is 415 g/mol. The molecule has 11 nitrogen and oxygen atoms in total. The van der Waals surface area contributed by atoms with Crippen LogP contribution in [0.4, 0.5) is 17.1 Å². The summed E-state index contributed by atoms with van der Waals surface area (Å²) in [7, 11) is 3.09. The van der Waals surface area contributed by atoms with Gasteiger partial charge >= 0.3 is 0 Å². The van der Waals surface area contributed by atoms with Gasteiger partial charge in [-0.25, -0.2) is 0 Å². The molecule has 0 aliphatic heterocycles. The van der Waals surface area contributed by atoms with E-state index < -0.39 is 4.92 Å². The number of aliphatic hydroxyl groups excluding tert-OH is 1. The van der Waals surface area contributed by atoms with Crippen LogP contribution in [0.15, 0.2) is 40.9 Å². The van der Waals surface area contributed by atoms with E-state index in [1.807, 2.05) is 0 Å². The molecular formula is C19H21N5O6. The third-order valence-electron chi connectivity index (χ3n) is 4.19. The van der Waals surface area contributed by atoms with Gasteiger partial charge in [-0.1, -0.05) is 5.16 Å². The molecule has 0 radical (unpaired) electrons. The normalized spacial score (nSPS) is 10.5. The van der Waals surface area contributed by atoms with E-state index in [1.54, 1.807) is 31.4 Å². The number of hydrogen-bond acceptors (Lipinski definition) is 10. The molecule has 0 fully saturated rings. The average Bonchev–Trinajstić information content (AvgIpc) is 3.24. The van der Waals surface area contributed by atoms with Crippen molar-refractivity contribution < 1.29 is 24.0 Å². The standard InChI is InChI=1S/C19H21N5O6/c1-28-13-4-5-14(17(10-13)29-2)19-22-18(30-23-19)11-21-16-9-12(24(26)27)3-6-15(16)20-7-8-25/h3-6,9-10,20-21,25H,7-8,11H2,1-2H3. The number of rotatable bonds is 10. The number of nitrogens with one attached hydrogen (secondary N) is 2. The number of nitrogens with zero attached hydrogens (tertiary/aromatic N) is 3. The van der Waals surface area contributed by atoms with Gasteiger partial charge in [-0.3, -0.25) is 10.1 Å².